The normalized spacial score (nSPS) is 27.6. The van der Waals surface area contributed by atoms with Gasteiger partial charge in [-0.3, -0.25) is 9.59 Å². The van der Waals surface area contributed by atoms with Crippen molar-refractivity contribution in [3.8, 4) is 0 Å². The number of Topliss-reactive ketones (excluding diaryl/α,β-unsaturated/α-hetero) is 2. The van der Waals surface area contributed by atoms with E-state index < -0.39 is 0 Å². The molecule has 1 saturated carbocycles. The lowest BCUT2D eigenvalue weighted by atomic mass is 9.63. The fourth-order valence-corrected chi connectivity index (χ4v) is 8.17. The van der Waals surface area contributed by atoms with Gasteiger partial charge in [0.15, 0.2) is 11.6 Å². The van der Waals surface area contributed by atoms with Gasteiger partial charge >= 0.3 is 0 Å². The lowest BCUT2D eigenvalue weighted by Crippen LogP contribution is -2.41. The van der Waals surface area contributed by atoms with E-state index in [0.717, 1.165) is 12.0 Å². The van der Waals surface area contributed by atoms with Gasteiger partial charge in [0.2, 0.25) is 0 Å². The van der Waals surface area contributed by atoms with Crippen LogP contribution in [0.15, 0.2) is 94.1 Å². The maximum atomic E-state index is 14.7. The van der Waals surface area contributed by atoms with Crippen LogP contribution in [0.4, 0.5) is 0 Å². The van der Waals surface area contributed by atoms with Gasteiger partial charge in [-0.05, 0) is 80.1 Å². The molecule has 0 radical (unpaired) electrons. The van der Waals surface area contributed by atoms with Crippen LogP contribution in [0.1, 0.15) is 74.6 Å². The van der Waals surface area contributed by atoms with E-state index in [1.165, 1.54) is 55.3 Å². The van der Waals surface area contributed by atoms with E-state index in [0.29, 0.717) is 5.57 Å². The quantitative estimate of drug-likeness (QED) is 0.331. The Kier molecular flexibility index (Phi) is 4.74. The predicted molar refractivity (Wildman–Crippen MR) is 149 cm³/mol. The number of benzene rings is 3. The molecule has 0 N–H and O–H groups in total. The van der Waals surface area contributed by atoms with Gasteiger partial charge in [-0.15, -0.1) is 0 Å². The van der Waals surface area contributed by atoms with Gasteiger partial charge in [-0.25, -0.2) is 0 Å². The first kappa shape index (κ1) is 22.7. The Hall–Kier alpha value is -3.52. The molecule has 2 nitrogen and oxygen atoms in total. The third-order valence-corrected chi connectivity index (χ3v) is 9.64. The lowest BCUT2D eigenvalue weighted by Gasteiger charge is -2.37. The number of allylic oxidation sites excluding steroid dienone is 6. The lowest BCUT2D eigenvalue weighted by molar-refractivity contribution is -0.130. The van der Waals surface area contributed by atoms with Gasteiger partial charge < -0.3 is 0 Å². The molecule has 3 aromatic carbocycles. The Labute approximate surface area is 218 Å². The highest BCUT2D eigenvalue weighted by Crippen LogP contribution is 2.66. The Morgan fingerprint density at radius 3 is 1.86 bits per heavy atom. The first-order valence-corrected chi connectivity index (χ1v) is 13.5. The summed E-state index contributed by atoms with van der Waals surface area (Å²) in [4.78, 5) is 28.9. The van der Waals surface area contributed by atoms with Gasteiger partial charge in [-0.1, -0.05) is 76.9 Å². The average molecular weight is 485 g/mol. The van der Waals surface area contributed by atoms with Crippen LogP contribution in [0.3, 0.4) is 0 Å². The van der Waals surface area contributed by atoms with E-state index in [2.05, 4.69) is 88.4 Å². The molecule has 0 aliphatic heterocycles. The summed E-state index contributed by atoms with van der Waals surface area (Å²) in [6.07, 6.45) is 0.841. The maximum Gasteiger partial charge on any atom is 0.164 e. The second-order valence-corrected chi connectivity index (χ2v) is 11.9. The highest BCUT2D eigenvalue weighted by atomic mass is 16.1. The van der Waals surface area contributed by atoms with Gasteiger partial charge in [0.1, 0.15) is 0 Å². The van der Waals surface area contributed by atoms with E-state index in [1.807, 2.05) is 6.92 Å². The zero-order valence-electron chi connectivity index (χ0n) is 22.2. The summed E-state index contributed by atoms with van der Waals surface area (Å²) in [7, 11) is 0. The number of carbonyl (C=O) groups excluding carboxylic acids is 2. The zero-order valence-corrected chi connectivity index (χ0v) is 22.2. The second-order valence-electron chi connectivity index (χ2n) is 11.9. The van der Waals surface area contributed by atoms with Crippen LogP contribution in [0.2, 0.25) is 0 Å². The van der Waals surface area contributed by atoms with Crippen LogP contribution >= 0.6 is 0 Å². The van der Waals surface area contributed by atoms with E-state index in [-0.39, 0.29) is 41.2 Å². The molecule has 4 aliphatic carbocycles. The minimum atomic E-state index is -0.293. The highest BCUT2D eigenvalue weighted by Gasteiger charge is 2.62. The fourth-order valence-electron chi connectivity index (χ4n) is 8.17. The molecule has 37 heavy (non-hydrogen) atoms. The van der Waals surface area contributed by atoms with E-state index in [9.17, 15) is 9.59 Å². The largest absolute Gasteiger partial charge is 0.294 e. The third kappa shape index (κ3) is 2.87. The molecule has 0 amide bonds. The van der Waals surface area contributed by atoms with E-state index in [4.69, 9.17) is 0 Å². The molecule has 5 atom stereocenters. The minimum Gasteiger partial charge on any atom is -0.294 e. The number of fused-ring (bicyclic) bond motifs is 10. The second kappa shape index (κ2) is 7.74. The van der Waals surface area contributed by atoms with Crippen molar-refractivity contribution < 1.29 is 9.59 Å². The van der Waals surface area contributed by atoms with Gasteiger partial charge in [0, 0.05) is 40.7 Å². The minimum absolute atomic E-state index is 0.0170. The Bertz CT molecular complexity index is 1650. The molecule has 0 saturated heterocycles. The van der Waals surface area contributed by atoms with E-state index >= 15 is 0 Å². The number of ketones is 2. The van der Waals surface area contributed by atoms with Gasteiger partial charge in [0.05, 0.1) is 0 Å². The summed E-state index contributed by atoms with van der Waals surface area (Å²) in [5.74, 6) is -0.260. The standard InChI is InChI=1S/C35H32O2/c1-17(2)25-16-22-14-20-10-6-7-11-21(20)15-26(22)29(25)28-19(5)34(36)32-30-23-12-8-9-13-24(23)31(27(30)18(3)4)33(32)35(28)37/h6-15,29-33H,16H2,1-5H3. The van der Waals surface area contributed by atoms with Gasteiger partial charge in [0.25, 0.3) is 0 Å². The van der Waals surface area contributed by atoms with Crippen molar-refractivity contribution in [3.05, 3.63) is 116 Å². The van der Waals surface area contributed by atoms with E-state index in [1.54, 1.807) is 0 Å². The van der Waals surface area contributed by atoms with Crippen molar-refractivity contribution in [3.63, 3.8) is 0 Å². The summed E-state index contributed by atoms with van der Waals surface area (Å²) in [6, 6.07) is 21.5. The Morgan fingerprint density at radius 1 is 0.703 bits per heavy atom. The molecule has 5 unspecified atom stereocenters. The molecular weight excluding hydrogens is 452 g/mol. The molecule has 184 valence electrons. The molecule has 7 rings (SSSR count). The topological polar surface area (TPSA) is 34.1 Å². The highest BCUT2D eigenvalue weighted by molar-refractivity contribution is 6.17. The summed E-state index contributed by atoms with van der Waals surface area (Å²) in [5, 5.41) is 2.41. The molecule has 0 heterocycles. The molecule has 0 spiro atoms. The van der Waals surface area contributed by atoms with Crippen molar-refractivity contribution in [2.45, 2.75) is 58.8 Å². The van der Waals surface area contributed by atoms with Crippen molar-refractivity contribution >= 4 is 22.3 Å². The van der Waals surface area contributed by atoms with Crippen LogP contribution in [-0.2, 0) is 16.0 Å². The smallest absolute Gasteiger partial charge is 0.164 e. The summed E-state index contributed by atoms with van der Waals surface area (Å²) in [5.41, 5.74) is 11.5. The summed E-state index contributed by atoms with van der Waals surface area (Å²) < 4.78 is 0. The summed E-state index contributed by atoms with van der Waals surface area (Å²) in [6.45, 7) is 10.5. The number of carbonyl (C=O) groups is 2. The Balaban J connectivity index is 1.44. The summed E-state index contributed by atoms with van der Waals surface area (Å²) >= 11 is 0. The molecule has 1 fully saturated rings. The molecule has 0 aromatic heterocycles. The molecular formula is C35H32O2. The van der Waals surface area contributed by atoms with Crippen molar-refractivity contribution in [1.82, 2.24) is 0 Å². The molecule has 2 heteroatoms. The monoisotopic (exact) mass is 484 g/mol. The zero-order chi connectivity index (χ0) is 25.7. The Morgan fingerprint density at radius 2 is 1.27 bits per heavy atom. The van der Waals surface area contributed by atoms with Crippen molar-refractivity contribution in [2.24, 2.45) is 11.8 Å². The molecule has 2 bridgehead atoms. The number of hydrogen-bond acceptors (Lipinski definition) is 2. The number of hydrogen-bond donors (Lipinski definition) is 0. The molecule has 3 aromatic rings. The first-order chi connectivity index (χ1) is 17.8. The fraction of sp³-hybridized carbons (Fsp3) is 0.314. The van der Waals surface area contributed by atoms with Crippen molar-refractivity contribution in [1.29, 1.82) is 0 Å². The average Bonchev–Trinajstić information content (AvgIpc) is 3.54. The van der Waals surface area contributed by atoms with Crippen LogP contribution in [0.5, 0.6) is 0 Å². The van der Waals surface area contributed by atoms with Crippen molar-refractivity contribution in [2.75, 3.05) is 0 Å². The molecule has 4 aliphatic rings. The predicted octanol–water partition coefficient (Wildman–Crippen LogP) is 7.75. The third-order valence-electron chi connectivity index (χ3n) is 9.64. The van der Waals surface area contributed by atoms with Crippen LogP contribution in [0.25, 0.3) is 10.8 Å². The van der Waals surface area contributed by atoms with Crippen LogP contribution in [-0.4, -0.2) is 11.6 Å². The maximum absolute atomic E-state index is 14.7. The van der Waals surface area contributed by atoms with Gasteiger partial charge in [-0.2, -0.15) is 0 Å². The van der Waals surface area contributed by atoms with Crippen LogP contribution < -0.4 is 0 Å². The van der Waals surface area contributed by atoms with Crippen LogP contribution in [0, 0.1) is 11.8 Å². The SMILES string of the molecule is CC(C)=C1Cc2cc3ccccc3cc2C1C1=C(C)C(=O)C2C3C(=C(C)C)C(c4ccccc43)C2C1=O. The first-order valence-electron chi connectivity index (χ1n) is 13.5. The number of rotatable bonds is 1.